The minimum Gasteiger partial charge on any atom is -0.225 e. The molecule has 108 valence electrons. The molecule has 0 bridgehead atoms. The maximum absolute atomic E-state index is 13.1. The van der Waals surface area contributed by atoms with Crippen molar-refractivity contribution in [2.45, 2.75) is 6.18 Å². The van der Waals surface area contributed by atoms with Gasteiger partial charge in [0.25, 0.3) is 0 Å². The smallest absolute Gasteiger partial charge is 0.225 e. The molecule has 2 aromatic heterocycles. The summed E-state index contributed by atoms with van der Waals surface area (Å²) in [6.45, 7) is 0. The Morgan fingerprint density at radius 3 is 2.52 bits per heavy atom. The van der Waals surface area contributed by atoms with Crippen LogP contribution in [0.25, 0.3) is 16.7 Å². The highest BCUT2D eigenvalue weighted by atomic mass is 35.5. The van der Waals surface area contributed by atoms with Gasteiger partial charge in [-0.15, -0.1) is 0 Å². The summed E-state index contributed by atoms with van der Waals surface area (Å²) < 4.78 is 40.2. The molecule has 0 saturated carbocycles. The van der Waals surface area contributed by atoms with Crippen LogP contribution in [0.4, 0.5) is 13.2 Å². The third-order valence-corrected chi connectivity index (χ3v) is 3.20. The molecular formula is C12H5Cl2F3N4. The SMILES string of the molecule is FC(F)(F)c1nn(-c2nc(Cl)ncc2Cl)c2ccccc12. The minimum absolute atomic E-state index is 0.0108. The minimum atomic E-state index is -4.59. The van der Waals surface area contributed by atoms with E-state index >= 15 is 0 Å². The quantitative estimate of drug-likeness (QED) is 0.629. The van der Waals surface area contributed by atoms with E-state index in [2.05, 4.69) is 15.1 Å². The Hall–Kier alpha value is -1.86. The zero-order chi connectivity index (χ0) is 15.2. The van der Waals surface area contributed by atoms with Crippen LogP contribution in [-0.2, 0) is 6.18 Å². The predicted molar refractivity (Wildman–Crippen MR) is 71.7 cm³/mol. The number of hydrogen-bond acceptors (Lipinski definition) is 3. The van der Waals surface area contributed by atoms with Gasteiger partial charge in [-0.1, -0.05) is 29.8 Å². The van der Waals surface area contributed by atoms with Crippen LogP contribution in [0.15, 0.2) is 30.5 Å². The molecule has 0 radical (unpaired) electrons. The van der Waals surface area contributed by atoms with Gasteiger partial charge in [-0.2, -0.15) is 23.3 Å². The van der Waals surface area contributed by atoms with Gasteiger partial charge < -0.3 is 0 Å². The largest absolute Gasteiger partial charge is 0.435 e. The second kappa shape index (κ2) is 4.85. The molecule has 3 rings (SSSR count). The van der Waals surface area contributed by atoms with Crippen LogP contribution in [0, 0.1) is 0 Å². The molecule has 0 fully saturated rings. The molecule has 0 unspecified atom stereocenters. The van der Waals surface area contributed by atoms with E-state index < -0.39 is 11.9 Å². The molecule has 0 spiro atoms. The Morgan fingerprint density at radius 1 is 1.10 bits per heavy atom. The number of alkyl halides is 3. The van der Waals surface area contributed by atoms with Crippen molar-refractivity contribution in [3.05, 3.63) is 46.5 Å². The fourth-order valence-electron chi connectivity index (χ4n) is 1.92. The Morgan fingerprint density at radius 2 is 1.81 bits per heavy atom. The van der Waals surface area contributed by atoms with E-state index in [1.54, 1.807) is 6.07 Å². The number of nitrogens with zero attached hydrogens (tertiary/aromatic N) is 4. The summed E-state index contributed by atoms with van der Waals surface area (Å²) >= 11 is 11.6. The number of benzene rings is 1. The molecule has 0 saturated heterocycles. The van der Waals surface area contributed by atoms with Crippen LogP contribution in [0.2, 0.25) is 10.3 Å². The number of para-hydroxylation sites is 1. The standard InChI is InChI=1S/C12H5Cl2F3N4/c13-7-5-18-11(14)19-10(7)21-8-4-2-1-3-6(8)9(20-21)12(15,16)17/h1-5H. The average molecular weight is 333 g/mol. The summed E-state index contributed by atoms with van der Waals surface area (Å²) in [5.41, 5.74) is -0.787. The van der Waals surface area contributed by atoms with Crippen LogP contribution in [-0.4, -0.2) is 19.7 Å². The van der Waals surface area contributed by atoms with Gasteiger partial charge in [0.1, 0.15) is 5.02 Å². The average Bonchev–Trinajstić information content (AvgIpc) is 2.81. The number of halogens is 5. The molecule has 4 nitrogen and oxygen atoms in total. The van der Waals surface area contributed by atoms with Crippen molar-refractivity contribution < 1.29 is 13.2 Å². The molecule has 2 heterocycles. The summed E-state index contributed by atoms with van der Waals surface area (Å²) in [5, 5.41) is 3.45. The highest BCUT2D eigenvalue weighted by Gasteiger charge is 2.37. The summed E-state index contributed by atoms with van der Waals surface area (Å²) in [6, 6.07) is 5.91. The first-order valence-corrected chi connectivity index (χ1v) is 6.37. The molecule has 0 aliphatic carbocycles. The van der Waals surface area contributed by atoms with Crippen LogP contribution in [0.5, 0.6) is 0 Å². The summed E-state index contributed by atoms with van der Waals surface area (Å²) in [4.78, 5) is 7.50. The monoisotopic (exact) mass is 332 g/mol. The fourth-order valence-corrected chi connectivity index (χ4v) is 2.22. The molecule has 0 aliphatic rings. The summed E-state index contributed by atoms with van der Waals surface area (Å²) in [5.74, 6) is -0.0108. The van der Waals surface area contributed by atoms with Crippen LogP contribution in [0.1, 0.15) is 5.69 Å². The van der Waals surface area contributed by atoms with Crippen molar-refractivity contribution in [1.29, 1.82) is 0 Å². The Balaban J connectivity index is 2.36. The molecule has 0 atom stereocenters. The predicted octanol–water partition coefficient (Wildman–Crippen LogP) is 4.14. The van der Waals surface area contributed by atoms with E-state index in [1.165, 1.54) is 24.4 Å². The lowest BCUT2D eigenvalue weighted by Crippen LogP contribution is -2.08. The highest BCUT2D eigenvalue weighted by molar-refractivity contribution is 6.32. The zero-order valence-corrected chi connectivity index (χ0v) is 11.6. The molecule has 0 N–H and O–H groups in total. The van der Waals surface area contributed by atoms with E-state index in [9.17, 15) is 13.2 Å². The van der Waals surface area contributed by atoms with Gasteiger partial charge in [-0.25, -0.2) is 9.67 Å². The molecule has 0 amide bonds. The van der Waals surface area contributed by atoms with Gasteiger partial charge in [0.15, 0.2) is 11.5 Å². The number of rotatable bonds is 1. The number of hydrogen-bond donors (Lipinski definition) is 0. The maximum Gasteiger partial charge on any atom is 0.435 e. The van der Waals surface area contributed by atoms with Gasteiger partial charge in [0.05, 0.1) is 11.7 Å². The summed E-state index contributed by atoms with van der Waals surface area (Å²) in [6.07, 6.45) is -3.38. The van der Waals surface area contributed by atoms with Crippen molar-refractivity contribution in [1.82, 2.24) is 19.7 Å². The Labute approximate surface area is 126 Å². The molecule has 3 aromatic rings. The lowest BCUT2D eigenvalue weighted by molar-refractivity contribution is -0.140. The van der Waals surface area contributed by atoms with E-state index in [0.29, 0.717) is 0 Å². The normalized spacial score (nSPS) is 12.0. The number of fused-ring (bicyclic) bond motifs is 1. The van der Waals surface area contributed by atoms with Crippen LogP contribution < -0.4 is 0 Å². The van der Waals surface area contributed by atoms with E-state index in [-0.39, 0.29) is 27.0 Å². The first-order chi connectivity index (χ1) is 9.88. The first-order valence-electron chi connectivity index (χ1n) is 5.61. The highest BCUT2D eigenvalue weighted by Crippen LogP contribution is 2.35. The van der Waals surface area contributed by atoms with Crippen molar-refractivity contribution in [2.75, 3.05) is 0 Å². The van der Waals surface area contributed by atoms with E-state index in [1.807, 2.05) is 0 Å². The van der Waals surface area contributed by atoms with Crippen molar-refractivity contribution >= 4 is 34.1 Å². The number of aromatic nitrogens is 4. The summed E-state index contributed by atoms with van der Waals surface area (Å²) in [7, 11) is 0. The van der Waals surface area contributed by atoms with E-state index in [0.717, 1.165) is 4.68 Å². The van der Waals surface area contributed by atoms with Crippen molar-refractivity contribution in [3.8, 4) is 5.82 Å². The van der Waals surface area contributed by atoms with Gasteiger partial charge in [0, 0.05) is 5.39 Å². The Kier molecular flexibility index (Phi) is 3.26. The third kappa shape index (κ3) is 2.43. The van der Waals surface area contributed by atoms with Gasteiger partial charge in [-0.3, -0.25) is 0 Å². The maximum atomic E-state index is 13.1. The molecule has 1 aromatic carbocycles. The van der Waals surface area contributed by atoms with Crippen LogP contribution >= 0.6 is 23.2 Å². The third-order valence-electron chi connectivity index (χ3n) is 2.75. The van der Waals surface area contributed by atoms with Gasteiger partial charge in [-0.05, 0) is 17.7 Å². The lowest BCUT2D eigenvalue weighted by atomic mass is 10.2. The Bertz CT molecular complexity index is 829. The van der Waals surface area contributed by atoms with Gasteiger partial charge in [0.2, 0.25) is 5.28 Å². The molecule has 21 heavy (non-hydrogen) atoms. The molecule has 0 aliphatic heterocycles. The van der Waals surface area contributed by atoms with Crippen LogP contribution in [0.3, 0.4) is 0 Å². The van der Waals surface area contributed by atoms with Crippen molar-refractivity contribution in [2.24, 2.45) is 0 Å². The second-order valence-corrected chi connectivity index (χ2v) is 4.83. The second-order valence-electron chi connectivity index (χ2n) is 4.09. The molecular weight excluding hydrogens is 328 g/mol. The molecule has 9 heteroatoms. The topological polar surface area (TPSA) is 43.6 Å². The first kappa shape index (κ1) is 14.1. The fraction of sp³-hybridized carbons (Fsp3) is 0.0833. The zero-order valence-electron chi connectivity index (χ0n) is 10.1. The van der Waals surface area contributed by atoms with Crippen molar-refractivity contribution in [3.63, 3.8) is 0 Å². The van der Waals surface area contributed by atoms with E-state index in [4.69, 9.17) is 23.2 Å². The lowest BCUT2D eigenvalue weighted by Gasteiger charge is -2.04. The van der Waals surface area contributed by atoms with Gasteiger partial charge >= 0.3 is 6.18 Å².